The molecule has 1 saturated heterocycles. The van der Waals surface area contributed by atoms with Crippen molar-refractivity contribution in [2.24, 2.45) is 17.8 Å². The van der Waals surface area contributed by atoms with E-state index in [0.29, 0.717) is 18.5 Å². The number of benzene rings is 2. The molecular weight excluding hydrogens is 715 g/mol. The number of imidazole rings is 1. The van der Waals surface area contributed by atoms with Crippen molar-refractivity contribution >= 4 is 27.9 Å². The molecule has 0 radical (unpaired) electrons. The second-order valence-electron chi connectivity index (χ2n) is 18.8. The molecule has 11 heteroatoms. The van der Waals surface area contributed by atoms with Gasteiger partial charge in [0.2, 0.25) is 0 Å². The van der Waals surface area contributed by atoms with Crippen molar-refractivity contribution in [2.75, 3.05) is 32.6 Å². The van der Waals surface area contributed by atoms with Crippen molar-refractivity contribution in [2.45, 2.75) is 128 Å². The number of H-pyrrole nitrogens is 1. The number of fused-ring (bicyclic) bond motifs is 3. The minimum Gasteiger partial charge on any atom is -0.497 e. The van der Waals surface area contributed by atoms with Crippen LogP contribution >= 0.6 is 0 Å². The number of aromatic amines is 1. The van der Waals surface area contributed by atoms with Gasteiger partial charge < -0.3 is 33.8 Å². The van der Waals surface area contributed by atoms with E-state index < -0.39 is 5.79 Å². The Balaban J connectivity index is 0.879. The Morgan fingerprint density at radius 3 is 2.53 bits per heavy atom. The van der Waals surface area contributed by atoms with E-state index in [4.69, 9.17) is 28.9 Å². The number of methoxy groups -OCH3 is 2. The maximum absolute atomic E-state index is 6.77. The summed E-state index contributed by atoms with van der Waals surface area (Å²) in [5.74, 6) is 4.76. The van der Waals surface area contributed by atoms with Crippen LogP contribution in [0.5, 0.6) is 11.5 Å². The molecule has 3 saturated carbocycles. The molecule has 4 atom stereocenters. The summed E-state index contributed by atoms with van der Waals surface area (Å²) in [6.07, 6.45) is 13.6. The molecule has 3 aromatic heterocycles. The normalized spacial score (nSPS) is 25.8. The highest BCUT2D eigenvalue weighted by molar-refractivity contribution is 5.87. The maximum Gasteiger partial charge on any atom is 0.163 e. The number of rotatable bonds is 14. The first-order valence-corrected chi connectivity index (χ1v) is 21.3. The van der Waals surface area contributed by atoms with Gasteiger partial charge in [-0.3, -0.25) is 4.90 Å². The molecule has 2 aromatic carbocycles. The van der Waals surface area contributed by atoms with E-state index in [1.54, 1.807) is 20.5 Å². The Morgan fingerprint density at radius 2 is 1.77 bits per heavy atom. The fourth-order valence-corrected chi connectivity index (χ4v) is 9.97. The summed E-state index contributed by atoms with van der Waals surface area (Å²) in [6, 6.07) is 15.5. The fourth-order valence-electron chi connectivity index (χ4n) is 9.97. The molecule has 0 bridgehead atoms. The molecule has 1 aliphatic heterocycles. The first-order chi connectivity index (χ1) is 27.4. The molecule has 4 aliphatic rings. The SMILES string of the molecule is COc1ccc(CNc2ncnc3c2ccn3[C@@H]2CC(CN(CC3CCC3)C3CC(CCc4nc5ccc(C(C)(C)C)cc5[nH]4)C3)C3OC(C)(C)O[C@H]32)c(OC)c1. The van der Waals surface area contributed by atoms with Crippen LogP contribution < -0.4 is 14.8 Å². The first kappa shape index (κ1) is 38.3. The molecule has 3 aliphatic carbocycles. The molecule has 304 valence electrons. The van der Waals surface area contributed by atoms with Gasteiger partial charge >= 0.3 is 0 Å². The Hall–Kier alpha value is -4.19. The lowest BCUT2D eigenvalue weighted by atomic mass is 9.75. The fraction of sp³-hybridized carbons (Fsp3) is 0.587. The summed E-state index contributed by atoms with van der Waals surface area (Å²) < 4.78 is 26.9. The largest absolute Gasteiger partial charge is 0.497 e. The van der Waals surface area contributed by atoms with Crippen molar-refractivity contribution in [3.63, 3.8) is 0 Å². The smallest absolute Gasteiger partial charge is 0.163 e. The molecule has 57 heavy (non-hydrogen) atoms. The monoisotopic (exact) mass is 775 g/mol. The predicted octanol–water partition coefficient (Wildman–Crippen LogP) is 8.83. The van der Waals surface area contributed by atoms with E-state index in [1.807, 2.05) is 18.2 Å². The quantitative estimate of drug-likeness (QED) is 0.114. The first-order valence-electron chi connectivity index (χ1n) is 21.3. The summed E-state index contributed by atoms with van der Waals surface area (Å²) in [4.78, 5) is 21.0. The molecular formula is C46H61N7O4. The highest BCUT2D eigenvalue weighted by Gasteiger charge is 2.55. The third kappa shape index (κ3) is 7.75. The summed E-state index contributed by atoms with van der Waals surface area (Å²) in [6.45, 7) is 13.7. The average Bonchev–Trinajstić information content (AvgIpc) is 3.92. The van der Waals surface area contributed by atoms with Gasteiger partial charge in [0, 0.05) is 55.8 Å². The zero-order chi connectivity index (χ0) is 39.5. The van der Waals surface area contributed by atoms with Gasteiger partial charge in [-0.2, -0.15) is 0 Å². The molecule has 4 fully saturated rings. The molecule has 2 N–H and O–H groups in total. The van der Waals surface area contributed by atoms with Crippen LogP contribution in [0.3, 0.4) is 0 Å². The van der Waals surface area contributed by atoms with E-state index in [9.17, 15) is 0 Å². The number of hydrogen-bond acceptors (Lipinski definition) is 9. The lowest BCUT2D eigenvalue weighted by Crippen LogP contribution is -2.50. The van der Waals surface area contributed by atoms with Crippen LogP contribution in [0, 0.1) is 17.8 Å². The Labute approximate surface area is 337 Å². The van der Waals surface area contributed by atoms with Gasteiger partial charge in [0.15, 0.2) is 5.79 Å². The molecule has 0 amide bonds. The lowest BCUT2D eigenvalue weighted by molar-refractivity contribution is -0.161. The zero-order valence-corrected chi connectivity index (χ0v) is 34.9. The van der Waals surface area contributed by atoms with E-state index in [2.05, 4.69) is 89.8 Å². The van der Waals surface area contributed by atoms with Crippen molar-refractivity contribution in [3.8, 4) is 11.5 Å². The highest BCUT2D eigenvalue weighted by atomic mass is 16.8. The van der Waals surface area contributed by atoms with Crippen LogP contribution in [-0.2, 0) is 27.9 Å². The van der Waals surface area contributed by atoms with Gasteiger partial charge in [-0.25, -0.2) is 15.0 Å². The van der Waals surface area contributed by atoms with Gasteiger partial charge in [0.25, 0.3) is 0 Å². The van der Waals surface area contributed by atoms with Crippen LogP contribution in [0.25, 0.3) is 22.1 Å². The van der Waals surface area contributed by atoms with Gasteiger partial charge in [0.05, 0.1) is 42.8 Å². The summed E-state index contributed by atoms with van der Waals surface area (Å²) in [5, 5.41) is 4.54. The van der Waals surface area contributed by atoms with Crippen LogP contribution in [0.1, 0.15) is 103 Å². The molecule has 9 rings (SSSR count). The number of nitrogens with zero attached hydrogens (tertiary/aromatic N) is 5. The lowest BCUT2D eigenvalue weighted by Gasteiger charge is -2.46. The van der Waals surface area contributed by atoms with E-state index in [-0.39, 0.29) is 23.7 Å². The second kappa shape index (κ2) is 15.2. The molecule has 0 spiro atoms. The number of aromatic nitrogens is 5. The average molecular weight is 776 g/mol. The van der Waals surface area contributed by atoms with E-state index in [0.717, 1.165) is 82.0 Å². The van der Waals surface area contributed by atoms with Gasteiger partial charge in [-0.05, 0) is 106 Å². The predicted molar refractivity (Wildman–Crippen MR) is 224 cm³/mol. The van der Waals surface area contributed by atoms with E-state index >= 15 is 0 Å². The third-order valence-corrected chi connectivity index (χ3v) is 13.5. The van der Waals surface area contributed by atoms with Crippen molar-refractivity contribution in [1.82, 2.24) is 29.4 Å². The van der Waals surface area contributed by atoms with Crippen LogP contribution in [-0.4, -0.2) is 80.7 Å². The number of ether oxygens (including phenoxy) is 4. The van der Waals surface area contributed by atoms with E-state index in [1.165, 1.54) is 50.6 Å². The summed E-state index contributed by atoms with van der Waals surface area (Å²) >= 11 is 0. The van der Waals surface area contributed by atoms with Crippen molar-refractivity contribution < 1.29 is 18.9 Å². The number of nitrogens with one attached hydrogen (secondary N) is 2. The van der Waals surface area contributed by atoms with Gasteiger partial charge in [-0.15, -0.1) is 0 Å². The molecule has 11 nitrogen and oxygen atoms in total. The van der Waals surface area contributed by atoms with Crippen molar-refractivity contribution in [1.29, 1.82) is 0 Å². The topological polar surface area (TPSA) is 112 Å². The Bertz CT molecular complexity index is 2200. The summed E-state index contributed by atoms with van der Waals surface area (Å²) in [5.41, 5.74) is 5.65. The zero-order valence-electron chi connectivity index (χ0n) is 34.9. The van der Waals surface area contributed by atoms with Gasteiger partial charge in [0.1, 0.15) is 41.2 Å². The minimum atomic E-state index is -0.625. The standard InChI is InChI=1S/C46H61N7O4/c1-45(2,3)32-13-15-36-37(22-32)51-40(50-36)16-11-29-19-33(20-29)52(25-28-9-8-10-28)26-31-21-38(42-41(31)56-46(4,5)57-42)53-18-17-35-43(48-27-49-44(35)53)47-24-30-12-14-34(54-6)23-39(30)55-7/h12-15,17-18,22-23,27-29,31,33,38,41-42H,8-11,16,19-21,24-26H2,1-7H3,(H,50,51)(H,47,48,49)/t29?,31?,33?,38-,41?,42+/m1/s1. The van der Waals surface area contributed by atoms with Gasteiger partial charge in [-0.1, -0.05) is 33.3 Å². The summed E-state index contributed by atoms with van der Waals surface area (Å²) in [7, 11) is 3.35. The molecule has 2 unspecified atom stereocenters. The number of anilines is 1. The Kier molecular flexibility index (Phi) is 10.2. The molecule has 5 aromatic rings. The number of hydrogen-bond donors (Lipinski definition) is 2. The highest BCUT2D eigenvalue weighted by Crippen LogP contribution is 2.49. The number of aryl methyl sites for hydroxylation is 1. The van der Waals surface area contributed by atoms with Crippen LogP contribution in [0.4, 0.5) is 5.82 Å². The second-order valence-corrected chi connectivity index (χ2v) is 18.8. The third-order valence-electron chi connectivity index (χ3n) is 13.5. The minimum absolute atomic E-state index is 0.0380. The molecule has 4 heterocycles. The Morgan fingerprint density at radius 1 is 0.947 bits per heavy atom. The maximum atomic E-state index is 6.77. The van der Waals surface area contributed by atoms with Crippen LogP contribution in [0.2, 0.25) is 0 Å². The van der Waals surface area contributed by atoms with Crippen molar-refractivity contribution in [3.05, 3.63) is 71.9 Å². The van der Waals surface area contributed by atoms with Crippen LogP contribution in [0.15, 0.2) is 55.0 Å².